The van der Waals surface area contributed by atoms with Gasteiger partial charge in [0.1, 0.15) is 0 Å². The van der Waals surface area contributed by atoms with Gasteiger partial charge in [-0.1, -0.05) is 41.9 Å². The third-order valence-corrected chi connectivity index (χ3v) is 5.37. The van der Waals surface area contributed by atoms with E-state index in [4.69, 9.17) is 11.6 Å². The van der Waals surface area contributed by atoms with Gasteiger partial charge in [-0.15, -0.1) is 0 Å². The summed E-state index contributed by atoms with van der Waals surface area (Å²) in [6.07, 6.45) is 1.83. The summed E-state index contributed by atoms with van der Waals surface area (Å²) in [6.45, 7) is 3.96. The van der Waals surface area contributed by atoms with Crippen LogP contribution in [0.2, 0.25) is 5.02 Å². The standard InChI is InChI=1S/C21H20ClN3O/c1-13-11-18(14(2)10-17(13)22)23-21-24-20(26)12-16-8-9-19(25(16)21)15-6-4-3-5-7-15/h3-7,10-12,19H,8-9H2,1-2H3,(H,23,24,26). The number of anilines is 2. The first kappa shape index (κ1) is 16.9. The molecule has 0 amide bonds. The Morgan fingerprint density at radius 2 is 1.88 bits per heavy atom. The Morgan fingerprint density at radius 1 is 1.12 bits per heavy atom. The number of fused-ring (bicyclic) bond motifs is 1. The van der Waals surface area contributed by atoms with Crippen molar-refractivity contribution in [1.29, 1.82) is 0 Å². The first-order valence-electron chi connectivity index (χ1n) is 8.74. The van der Waals surface area contributed by atoms with Gasteiger partial charge in [0, 0.05) is 22.5 Å². The molecular weight excluding hydrogens is 346 g/mol. The lowest BCUT2D eigenvalue weighted by molar-refractivity contribution is 0.615. The smallest absolute Gasteiger partial charge is 0.274 e. The molecule has 0 spiro atoms. The highest BCUT2D eigenvalue weighted by atomic mass is 35.5. The maximum atomic E-state index is 12.1. The van der Waals surface area contributed by atoms with E-state index in [1.54, 1.807) is 6.07 Å². The minimum Gasteiger partial charge on any atom is -0.325 e. The van der Waals surface area contributed by atoms with Crippen molar-refractivity contribution in [3.63, 3.8) is 0 Å². The van der Waals surface area contributed by atoms with Gasteiger partial charge in [-0.05, 0) is 55.5 Å². The average Bonchev–Trinajstić information content (AvgIpc) is 3.04. The number of nitrogens with one attached hydrogen (secondary N) is 1. The summed E-state index contributed by atoms with van der Waals surface area (Å²) < 4.78 is 2.15. The molecule has 1 aliphatic rings. The Hall–Kier alpha value is -2.59. The highest BCUT2D eigenvalue weighted by Gasteiger charge is 2.26. The van der Waals surface area contributed by atoms with E-state index < -0.39 is 0 Å². The third kappa shape index (κ3) is 3.01. The van der Waals surface area contributed by atoms with E-state index >= 15 is 0 Å². The van der Waals surface area contributed by atoms with E-state index in [-0.39, 0.29) is 11.6 Å². The molecular formula is C21H20ClN3O. The van der Waals surface area contributed by atoms with Crippen molar-refractivity contribution in [2.45, 2.75) is 32.7 Å². The molecule has 0 aliphatic carbocycles. The molecule has 0 bridgehead atoms. The molecule has 3 aromatic rings. The Labute approximate surface area is 157 Å². The highest BCUT2D eigenvalue weighted by molar-refractivity contribution is 6.31. The largest absolute Gasteiger partial charge is 0.325 e. The van der Waals surface area contributed by atoms with E-state index in [1.165, 1.54) is 5.56 Å². The molecule has 4 rings (SSSR count). The van der Waals surface area contributed by atoms with Crippen LogP contribution in [0.5, 0.6) is 0 Å². The van der Waals surface area contributed by atoms with Crippen LogP contribution in [0.1, 0.15) is 34.8 Å². The van der Waals surface area contributed by atoms with Crippen LogP contribution in [0.25, 0.3) is 0 Å². The normalized spacial score (nSPS) is 15.7. The third-order valence-electron chi connectivity index (χ3n) is 4.97. The monoisotopic (exact) mass is 365 g/mol. The second-order valence-corrected chi connectivity index (χ2v) is 7.19. The van der Waals surface area contributed by atoms with Crippen molar-refractivity contribution in [3.8, 4) is 0 Å². The van der Waals surface area contributed by atoms with E-state index in [2.05, 4.69) is 27.0 Å². The van der Waals surface area contributed by atoms with Gasteiger partial charge in [-0.25, -0.2) is 0 Å². The van der Waals surface area contributed by atoms with Crippen LogP contribution < -0.4 is 10.9 Å². The van der Waals surface area contributed by atoms with Crippen molar-refractivity contribution >= 4 is 23.2 Å². The lowest BCUT2D eigenvalue weighted by atomic mass is 10.1. The zero-order valence-electron chi connectivity index (χ0n) is 14.8. The fourth-order valence-electron chi connectivity index (χ4n) is 3.61. The predicted molar refractivity (Wildman–Crippen MR) is 106 cm³/mol. The van der Waals surface area contributed by atoms with E-state index in [1.807, 2.05) is 44.2 Å². The maximum Gasteiger partial charge on any atom is 0.274 e. The number of nitrogens with zero attached hydrogens (tertiary/aromatic N) is 2. The Kier molecular flexibility index (Phi) is 4.29. The van der Waals surface area contributed by atoms with Gasteiger partial charge in [0.2, 0.25) is 5.95 Å². The average molecular weight is 366 g/mol. The molecule has 4 nitrogen and oxygen atoms in total. The Bertz CT molecular complexity index is 1030. The number of benzene rings is 2. The number of aryl methyl sites for hydroxylation is 3. The molecule has 1 atom stereocenters. The Morgan fingerprint density at radius 3 is 2.65 bits per heavy atom. The second kappa shape index (κ2) is 6.61. The number of rotatable bonds is 3. The van der Waals surface area contributed by atoms with Crippen LogP contribution in [-0.2, 0) is 6.42 Å². The molecule has 2 aromatic carbocycles. The van der Waals surface area contributed by atoms with Crippen LogP contribution in [-0.4, -0.2) is 9.55 Å². The summed E-state index contributed by atoms with van der Waals surface area (Å²) in [7, 11) is 0. The minimum absolute atomic E-state index is 0.176. The van der Waals surface area contributed by atoms with E-state index in [0.29, 0.717) is 5.95 Å². The van der Waals surface area contributed by atoms with Gasteiger partial charge < -0.3 is 9.88 Å². The van der Waals surface area contributed by atoms with Crippen LogP contribution in [0.4, 0.5) is 11.6 Å². The van der Waals surface area contributed by atoms with E-state index in [9.17, 15) is 4.79 Å². The first-order chi connectivity index (χ1) is 12.5. The lowest BCUT2D eigenvalue weighted by Gasteiger charge is -2.21. The molecule has 5 heteroatoms. The number of aromatic nitrogens is 2. The van der Waals surface area contributed by atoms with Crippen LogP contribution in [0.3, 0.4) is 0 Å². The van der Waals surface area contributed by atoms with Crippen LogP contribution in [0.15, 0.2) is 53.3 Å². The fraction of sp³-hybridized carbons (Fsp3) is 0.238. The fourth-order valence-corrected chi connectivity index (χ4v) is 3.83. The summed E-state index contributed by atoms with van der Waals surface area (Å²) in [4.78, 5) is 16.4. The van der Waals surface area contributed by atoms with Gasteiger partial charge in [0.25, 0.3) is 5.56 Å². The van der Waals surface area contributed by atoms with Gasteiger partial charge >= 0.3 is 0 Å². The molecule has 0 fully saturated rings. The molecule has 1 aromatic heterocycles. The second-order valence-electron chi connectivity index (χ2n) is 6.79. The van der Waals surface area contributed by atoms with Crippen molar-refractivity contribution in [1.82, 2.24) is 9.55 Å². The SMILES string of the molecule is Cc1cc(Nc2nc(=O)cc3n2C(c2ccccc2)CC3)c(C)cc1Cl. The molecule has 132 valence electrons. The van der Waals surface area contributed by atoms with E-state index in [0.717, 1.165) is 40.4 Å². The summed E-state index contributed by atoms with van der Waals surface area (Å²) in [5, 5.41) is 4.11. The van der Waals surface area contributed by atoms with Crippen molar-refractivity contribution in [2.75, 3.05) is 5.32 Å². The molecule has 1 unspecified atom stereocenters. The highest BCUT2D eigenvalue weighted by Crippen LogP contribution is 2.35. The summed E-state index contributed by atoms with van der Waals surface area (Å²) in [5.41, 5.74) is 4.95. The summed E-state index contributed by atoms with van der Waals surface area (Å²) >= 11 is 6.21. The van der Waals surface area contributed by atoms with Gasteiger partial charge in [-0.2, -0.15) is 4.98 Å². The van der Waals surface area contributed by atoms with Crippen LogP contribution in [0, 0.1) is 13.8 Å². The minimum atomic E-state index is -0.212. The zero-order chi connectivity index (χ0) is 18.3. The number of hydrogen-bond acceptors (Lipinski definition) is 3. The van der Waals surface area contributed by atoms with Gasteiger partial charge in [0.15, 0.2) is 0 Å². The molecule has 26 heavy (non-hydrogen) atoms. The summed E-state index contributed by atoms with van der Waals surface area (Å²) in [5.74, 6) is 0.587. The van der Waals surface area contributed by atoms with Gasteiger partial charge in [0.05, 0.1) is 6.04 Å². The molecule has 0 radical (unpaired) electrons. The molecule has 1 N–H and O–H groups in total. The van der Waals surface area contributed by atoms with Crippen molar-refractivity contribution in [3.05, 3.63) is 86.3 Å². The van der Waals surface area contributed by atoms with Crippen molar-refractivity contribution in [2.24, 2.45) is 0 Å². The van der Waals surface area contributed by atoms with Crippen molar-refractivity contribution < 1.29 is 0 Å². The predicted octanol–water partition coefficient (Wildman–Crippen LogP) is 4.79. The molecule has 1 aliphatic heterocycles. The molecule has 2 heterocycles. The Balaban J connectivity index is 1.81. The summed E-state index contributed by atoms with van der Waals surface area (Å²) in [6, 6.07) is 16.1. The quantitative estimate of drug-likeness (QED) is 0.725. The first-order valence-corrected chi connectivity index (χ1v) is 9.12. The number of halogens is 1. The number of hydrogen-bond donors (Lipinski definition) is 1. The van der Waals surface area contributed by atoms with Gasteiger partial charge in [-0.3, -0.25) is 4.79 Å². The maximum absolute atomic E-state index is 12.1. The topological polar surface area (TPSA) is 46.9 Å². The van der Waals surface area contributed by atoms with Crippen LogP contribution >= 0.6 is 11.6 Å². The molecule has 0 saturated heterocycles. The zero-order valence-corrected chi connectivity index (χ0v) is 15.5. The lowest BCUT2D eigenvalue weighted by Crippen LogP contribution is -2.19. The molecule has 0 saturated carbocycles.